The minimum Gasteiger partial charge on any atom is -0.387 e. The summed E-state index contributed by atoms with van der Waals surface area (Å²) in [6.45, 7) is 1.90. The summed E-state index contributed by atoms with van der Waals surface area (Å²) in [6.07, 6.45) is -0.00606. The van der Waals surface area contributed by atoms with E-state index in [2.05, 4.69) is 9.97 Å². The second-order valence-electron chi connectivity index (χ2n) is 5.76. The van der Waals surface area contributed by atoms with Gasteiger partial charge in [-0.2, -0.15) is 0 Å². The molecule has 1 aromatic carbocycles. The van der Waals surface area contributed by atoms with Gasteiger partial charge in [0.1, 0.15) is 30.3 Å². The molecule has 4 rings (SSSR count). The first-order chi connectivity index (χ1) is 11.2. The van der Waals surface area contributed by atoms with Crippen LogP contribution in [0.4, 0.5) is 0 Å². The van der Waals surface area contributed by atoms with E-state index in [9.17, 15) is 10.2 Å². The van der Waals surface area contributed by atoms with Crippen molar-refractivity contribution >= 4 is 11.0 Å². The third-order valence-corrected chi connectivity index (χ3v) is 4.35. The predicted octanol–water partition coefficient (Wildman–Crippen LogP) is 1.73. The lowest BCUT2D eigenvalue weighted by atomic mass is 10.0. The summed E-state index contributed by atoms with van der Waals surface area (Å²) in [6, 6.07) is 11.3. The molecule has 0 aliphatic carbocycles. The molecule has 0 bridgehead atoms. The van der Waals surface area contributed by atoms with Crippen LogP contribution in [-0.4, -0.2) is 37.0 Å². The monoisotopic (exact) mass is 311 g/mol. The van der Waals surface area contributed by atoms with Crippen molar-refractivity contribution in [2.24, 2.45) is 0 Å². The molecule has 4 unspecified atom stereocenters. The van der Waals surface area contributed by atoms with Gasteiger partial charge in [-0.05, 0) is 18.6 Å². The van der Waals surface area contributed by atoms with Gasteiger partial charge in [-0.25, -0.2) is 9.97 Å². The average Bonchev–Trinajstić information content (AvgIpc) is 3.12. The van der Waals surface area contributed by atoms with Crippen molar-refractivity contribution in [3.63, 3.8) is 0 Å². The van der Waals surface area contributed by atoms with Gasteiger partial charge in [0.15, 0.2) is 6.23 Å². The predicted molar refractivity (Wildman–Crippen MR) is 83.6 cm³/mol. The molecule has 0 amide bonds. The number of aromatic nitrogens is 3. The third-order valence-electron chi connectivity index (χ3n) is 4.35. The fourth-order valence-corrected chi connectivity index (χ4v) is 3.11. The van der Waals surface area contributed by atoms with Crippen LogP contribution in [0.1, 0.15) is 23.6 Å². The summed E-state index contributed by atoms with van der Waals surface area (Å²) < 4.78 is 7.72. The minimum atomic E-state index is -1.04. The molecule has 1 saturated heterocycles. The molecule has 0 spiro atoms. The highest BCUT2D eigenvalue weighted by atomic mass is 16.6. The van der Waals surface area contributed by atoms with E-state index in [1.165, 1.54) is 6.33 Å². The van der Waals surface area contributed by atoms with Gasteiger partial charge in [0.25, 0.3) is 0 Å². The van der Waals surface area contributed by atoms with Crippen molar-refractivity contribution in [1.82, 2.24) is 14.5 Å². The number of ether oxygens (including phenoxy) is 1. The van der Waals surface area contributed by atoms with Crippen molar-refractivity contribution in [1.29, 1.82) is 0 Å². The Bertz CT molecular complexity index is 833. The molecule has 6 nitrogen and oxygen atoms in total. The topological polar surface area (TPSA) is 80.4 Å². The maximum atomic E-state index is 10.5. The summed E-state index contributed by atoms with van der Waals surface area (Å²) in [5, 5.41) is 21.7. The molecule has 0 radical (unpaired) electrons. The number of aliphatic hydroxyl groups is 2. The molecule has 3 heterocycles. The summed E-state index contributed by atoms with van der Waals surface area (Å²) in [4.78, 5) is 8.45. The van der Waals surface area contributed by atoms with Crippen molar-refractivity contribution in [2.75, 3.05) is 0 Å². The maximum absolute atomic E-state index is 10.5. The molecule has 4 atom stereocenters. The molecular weight excluding hydrogens is 294 g/mol. The molecule has 0 saturated carbocycles. The first-order valence-corrected chi connectivity index (χ1v) is 7.51. The first kappa shape index (κ1) is 14.3. The van der Waals surface area contributed by atoms with Crippen LogP contribution in [0.15, 0.2) is 48.9 Å². The van der Waals surface area contributed by atoms with Crippen LogP contribution < -0.4 is 0 Å². The highest BCUT2D eigenvalue weighted by Gasteiger charge is 2.44. The normalized spacial score (nSPS) is 27.6. The second-order valence-corrected chi connectivity index (χ2v) is 5.76. The van der Waals surface area contributed by atoms with Crippen LogP contribution in [0.2, 0.25) is 0 Å². The quantitative estimate of drug-likeness (QED) is 0.753. The van der Waals surface area contributed by atoms with Gasteiger partial charge in [0, 0.05) is 11.6 Å². The largest absolute Gasteiger partial charge is 0.387 e. The van der Waals surface area contributed by atoms with Crippen LogP contribution in [0.25, 0.3) is 11.0 Å². The van der Waals surface area contributed by atoms with Crippen LogP contribution in [-0.2, 0) is 4.74 Å². The van der Waals surface area contributed by atoms with Crippen LogP contribution in [0, 0.1) is 6.92 Å². The average molecular weight is 311 g/mol. The Morgan fingerprint density at radius 1 is 1.04 bits per heavy atom. The Morgan fingerprint density at radius 3 is 2.61 bits per heavy atom. The van der Waals surface area contributed by atoms with Gasteiger partial charge in [-0.15, -0.1) is 0 Å². The van der Waals surface area contributed by atoms with E-state index < -0.39 is 24.5 Å². The lowest BCUT2D eigenvalue weighted by Gasteiger charge is -2.17. The fraction of sp³-hybridized carbons (Fsp3) is 0.294. The molecule has 1 fully saturated rings. The molecule has 118 valence electrons. The van der Waals surface area contributed by atoms with Crippen LogP contribution in [0.3, 0.4) is 0 Å². The maximum Gasteiger partial charge on any atom is 0.164 e. The number of aryl methyl sites for hydroxylation is 1. The van der Waals surface area contributed by atoms with E-state index in [1.54, 1.807) is 10.8 Å². The van der Waals surface area contributed by atoms with E-state index in [-0.39, 0.29) is 0 Å². The Morgan fingerprint density at radius 2 is 1.83 bits per heavy atom. The number of hydrogen-bond acceptors (Lipinski definition) is 5. The molecule has 2 N–H and O–H groups in total. The SMILES string of the molecule is Cc1ncnc2c1ccn2C1OC(c2ccccc2)C(O)C1O. The molecule has 1 aliphatic heterocycles. The first-order valence-electron chi connectivity index (χ1n) is 7.51. The zero-order chi connectivity index (χ0) is 16.0. The van der Waals surface area contributed by atoms with Crippen LogP contribution >= 0.6 is 0 Å². The zero-order valence-corrected chi connectivity index (χ0v) is 12.6. The zero-order valence-electron chi connectivity index (χ0n) is 12.6. The Kier molecular flexibility index (Phi) is 3.37. The number of rotatable bonds is 2. The van der Waals surface area contributed by atoms with E-state index in [0.717, 1.165) is 16.6 Å². The molecule has 2 aromatic heterocycles. The van der Waals surface area contributed by atoms with Gasteiger partial charge in [-0.3, -0.25) is 0 Å². The summed E-state index contributed by atoms with van der Waals surface area (Å²) >= 11 is 0. The smallest absolute Gasteiger partial charge is 0.164 e. The van der Waals surface area contributed by atoms with Gasteiger partial charge in [0.2, 0.25) is 0 Å². The molecule has 1 aliphatic rings. The summed E-state index contributed by atoms with van der Waals surface area (Å²) in [5.74, 6) is 0. The number of hydrogen-bond donors (Lipinski definition) is 2. The Balaban J connectivity index is 1.73. The Hall–Kier alpha value is -2.28. The lowest BCUT2D eigenvalue weighted by Crippen LogP contribution is -2.28. The molecule has 6 heteroatoms. The highest BCUT2D eigenvalue weighted by Crippen LogP contribution is 2.39. The molecular formula is C17H17N3O3. The van der Waals surface area contributed by atoms with Gasteiger partial charge < -0.3 is 19.5 Å². The van der Waals surface area contributed by atoms with Crippen molar-refractivity contribution in [2.45, 2.75) is 31.5 Å². The number of nitrogens with zero attached hydrogens (tertiary/aromatic N) is 3. The van der Waals surface area contributed by atoms with E-state index in [1.807, 2.05) is 43.3 Å². The second kappa shape index (κ2) is 5.42. The number of benzene rings is 1. The van der Waals surface area contributed by atoms with E-state index in [0.29, 0.717) is 5.65 Å². The van der Waals surface area contributed by atoms with Gasteiger partial charge in [0.05, 0.1) is 5.69 Å². The summed E-state index contributed by atoms with van der Waals surface area (Å²) in [5.41, 5.74) is 2.38. The third kappa shape index (κ3) is 2.23. The van der Waals surface area contributed by atoms with Gasteiger partial charge >= 0.3 is 0 Å². The standard InChI is InChI=1S/C17H17N3O3/c1-10-12-7-8-20(16(12)19-9-18-10)17-14(22)13(21)15(23-17)11-5-3-2-4-6-11/h2-9,13-15,17,21-22H,1H3. The molecule has 23 heavy (non-hydrogen) atoms. The highest BCUT2D eigenvalue weighted by molar-refractivity contribution is 5.78. The van der Waals surface area contributed by atoms with Crippen molar-refractivity contribution in [3.8, 4) is 0 Å². The Labute approximate surface area is 133 Å². The number of fused-ring (bicyclic) bond motifs is 1. The molecule has 3 aromatic rings. The van der Waals surface area contributed by atoms with Crippen molar-refractivity contribution in [3.05, 3.63) is 60.2 Å². The lowest BCUT2D eigenvalue weighted by molar-refractivity contribution is -0.0355. The summed E-state index contributed by atoms with van der Waals surface area (Å²) in [7, 11) is 0. The van der Waals surface area contributed by atoms with E-state index >= 15 is 0 Å². The fourth-order valence-electron chi connectivity index (χ4n) is 3.11. The minimum absolute atomic E-state index is 0.573. The van der Waals surface area contributed by atoms with E-state index in [4.69, 9.17) is 4.74 Å². The van der Waals surface area contributed by atoms with Crippen molar-refractivity contribution < 1.29 is 14.9 Å². The van der Waals surface area contributed by atoms with Gasteiger partial charge in [-0.1, -0.05) is 30.3 Å². The van der Waals surface area contributed by atoms with Crippen LogP contribution in [0.5, 0.6) is 0 Å². The number of aliphatic hydroxyl groups excluding tert-OH is 2.